The van der Waals surface area contributed by atoms with Crippen LogP contribution in [0.15, 0.2) is 0 Å². The van der Waals surface area contributed by atoms with Crippen molar-refractivity contribution in [2.24, 2.45) is 7.05 Å². The van der Waals surface area contributed by atoms with Crippen LogP contribution < -0.4 is 5.32 Å². The summed E-state index contributed by atoms with van der Waals surface area (Å²) in [7, 11) is 1.93. The first-order valence-electron chi connectivity index (χ1n) is 8.45. The van der Waals surface area contributed by atoms with Gasteiger partial charge in [0.15, 0.2) is 0 Å². The minimum absolute atomic E-state index is 0.0384. The standard InChI is InChI=1S/C17H26N4O2S/c1-10-13(11(2)20(5)19-10)8-21(12-6-7-12)15(22)14-9-24-17(3,4)16(23)18-14/h12,14H,6-9H2,1-5H3,(H,18,23)/t14-/m1/s1. The van der Waals surface area contributed by atoms with Crippen molar-refractivity contribution in [3.05, 3.63) is 17.0 Å². The molecule has 1 aliphatic heterocycles. The molecule has 2 amide bonds. The number of thioether (sulfide) groups is 1. The highest BCUT2D eigenvalue weighted by Gasteiger charge is 2.42. The molecule has 7 heteroatoms. The third-order valence-corrected chi connectivity index (χ3v) is 6.43. The van der Waals surface area contributed by atoms with Gasteiger partial charge >= 0.3 is 0 Å². The van der Waals surface area contributed by atoms with E-state index in [1.54, 1.807) is 11.8 Å². The maximum atomic E-state index is 13.0. The van der Waals surface area contributed by atoms with Crippen molar-refractivity contribution in [2.45, 2.75) is 63.9 Å². The van der Waals surface area contributed by atoms with E-state index in [0.717, 1.165) is 29.8 Å². The Bertz CT molecular complexity index is 678. The second kappa shape index (κ2) is 6.10. The lowest BCUT2D eigenvalue weighted by Crippen LogP contribution is -2.58. The van der Waals surface area contributed by atoms with Crippen LogP contribution in [0.2, 0.25) is 0 Å². The number of hydrogen-bond donors (Lipinski definition) is 1. The van der Waals surface area contributed by atoms with Crippen molar-refractivity contribution in [1.82, 2.24) is 20.0 Å². The summed E-state index contributed by atoms with van der Waals surface area (Å²) >= 11 is 1.56. The molecule has 1 aromatic heterocycles. The molecule has 2 fully saturated rings. The molecule has 6 nitrogen and oxygen atoms in total. The highest BCUT2D eigenvalue weighted by molar-refractivity contribution is 8.01. The van der Waals surface area contributed by atoms with Crippen molar-refractivity contribution in [3.8, 4) is 0 Å². The van der Waals surface area contributed by atoms with Crippen molar-refractivity contribution < 1.29 is 9.59 Å². The van der Waals surface area contributed by atoms with Crippen LogP contribution in [0.4, 0.5) is 0 Å². The Morgan fingerprint density at radius 1 is 1.42 bits per heavy atom. The van der Waals surface area contributed by atoms with Gasteiger partial charge in [0.05, 0.1) is 10.4 Å². The first-order valence-corrected chi connectivity index (χ1v) is 9.43. The summed E-state index contributed by atoms with van der Waals surface area (Å²) in [5.74, 6) is 0.615. The Balaban J connectivity index is 1.77. The van der Waals surface area contributed by atoms with Gasteiger partial charge < -0.3 is 10.2 Å². The Morgan fingerprint density at radius 2 is 2.08 bits per heavy atom. The van der Waals surface area contributed by atoms with E-state index in [0.29, 0.717) is 18.3 Å². The molecule has 1 aliphatic carbocycles. The monoisotopic (exact) mass is 350 g/mol. The van der Waals surface area contributed by atoms with Gasteiger partial charge in [-0.3, -0.25) is 14.3 Å². The third kappa shape index (κ3) is 3.18. The van der Waals surface area contributed by atoms with Gasteiger partial charge in [-0.2, -0.15) is 5.10 Å². The maximum absolute atomic E-state index is 13.0. The summed E-state index contributed by atoms with van der Waals surface area (Å²) in [6.45, 7) is 8.39. The van der Waals surface area contributed by atoms with Gasteiger partial charge in [-0.05, 0) is 40.5 Å². The average Bonchev–Trinajstić information content (AvgIpc) is 3.30. The van der Waals surface area contributed by atoms with Crippen molar-refractivity contribution >= 4 is 23.6 Å². The van der Waals surface area contributed by atoms with E-state index in [-0.39, 0.29) is 11.8 Å². The van der Waals surface area contributed by atoms with E-state index in [4.69, 9.17) is 0 Å². The minimum Gasteiger partial charge on any atom is -0.342 e. The Morgan fingerprint density at radius 3 is 2.58 bits per heavy atom. The van der Waals surface area contributed by atoms with Crippen molar-refractivity contribution in [1.29, 1.82) is 0 Å². The lowest BCUT2D eigenvalue weighted by atomic mass is 10.1. The van der Waals surface area contributed by atoms with Crippen LogP contribution in [0.3, 0.4) is 0 Å². The van der Waals surface area contributed by atoms with Crippen molar-refractivity contribution in [2.75, 3.05) is 5.75 Å². The van der Waals surface area contributed by atoms with Crippen LogP contribution >= 0.6 is 11.8 Å². The fourth-order valence-corrected chi connectivity index (χ4v) is 4.05. The number of amides is 2. The first-order chi connectivity index (χ1) is 11.2. The van der Waals surface area contributed by atoms with Gasteiger partial charge in [-0.1, -0.05) is 0 Å². The van der Waals surface area contributed by atoms with E-state index < -0.39 is 10.8 Å². The molecular weight excluding hydrogens is 324 g/mol. The molecule has 1 saturated heterocycles. The van der Waals surface area contributed by atoms with Gasteiger partial charge in [0, 0.05) is 36.6 Å². The molecule has 24 heavy (non-hydrogen) atoms. The number of nitrogens with one attached hydrogen (secondary N) is 1. The number of aromatic nitrogens is 2. The highest BCUT2D eigenvalue weighted by atomic mass is 32.2. The molecule has 1 saturated carbocycles. The van der Waals surface area contributed by atoms with Gasteiger partial charge in [0.25, 0.3) is 0 Å². The van der Waals surface area contributed by atoms with Gasteiger partial charge in [0.2, 0.25) is 11.8 Å². The second-order valence-electron chi connectivity index (χ2n) is 7.32. The number of aryl methyl sites for hydroxylation is 2. The summed E-state index contributed by atoms with van der Waals surface area (Å²) in [5, 5.41) is 7.37. The van der Waals surface area contributed by atoms with Gasteiger partial charge in [-0.15, -0.1) is 11.8 Å². The van der Waals surface area contributed by atoms with Crippen LogP contribution in [0.25, 0.3) is 0 Å². The summed E-state index contributed by atoms with van der Waals surface area (Å²) in [5.41, 5.74) is 3.18. The van der Waals surface area contributed by atoms with E-state index in [9.17, 15) is 9.59 Å². The van der Waals surface area contributed by atoms with Crippen LogP contribution in [0.5, 0.6) is 0 Å². The average molecular weight is 350 g/mol. The zero-order valence-corrected chi connectivity index (χ0v) is 15.9. The molecule has 1 atom stereocenters. The lowest BCUT2D eigenvalue weighted by molar-refractivity contribution is -0.137. The SMILES string of the molecule is Cc1nn(C)c(C)c1CN(C(=O)[C@H]1CSC(C)(C)C(=O)N1)C1CC1. The predicted octanol–water partition coefficient (Wildman–Crippen LogP) is 1.54. The van der Waals surface area contributed by atoms with Crippen molar-refractivity contribution in [3.63, 3.8) is 0 Å². The molecule has 132 valence electrons. The van der Waals surface area contributed by atoms with Crippen LogP contribution in [-0.4, -0.2) is 49.1 Å². The molecule has 2 heterocycles. The number of nitrogens with zero attached hydrogens (tertiary/aromatic N) is 3. The van der Waals surface area contributed by atoms with E-state index in [1.807, 2.05) is 44.3 Å². The molecule has 1 N–H and O–H groups in total. The predicted molar refractivity (Wildman–Crippen MR) is 94.7 cm³/mol. The van der Waals surface area contributed by atoms with Crippen LogP contribution in [0, 0.1) is 13.8 Å². The Hall–Kier alpha value is -1.50. The zero-order chi connectivity index (χ0) is 17.6. The highest BCUT2D eigenvalue weighted by Crippen LogP contribution is 2.33. The van der Waals surface area contributed by atoms with Crippen LogP contribution in [0.1, 0.15) is 43.6 Å². The summed E-state index contributed by atoms with van der Waals surface area (Å²) in [6, 6.07) is -0.123. The van der Waals surface area contributed by atoms with E-state index in [2.05, 4.69) is 10.4 Å². The Labute approximate surface area is 147 Å². The fourth-order valence-electron chi connectivity index (χ4n) is 3.05. The number of rotatable bonds is 4. The molecular formula is C17H26N4O2S. The quantitative estimate of drug-likeness (QED) is 0.894. The third-order valence-electron chi connectivity index (χ3n) is 5.02. The molecule has 3 rings (SSSR count). The maximum Gasteiger partial charge on any atom is 0.246 e. The Kier molecular flexibility index (Phi) is 4.40. The van der Waals surface area contributed by atoms with E-state index in [1.165, 1.54) is 0 Å². The zero-order valence-electron chi connectivity index (χ0n) is 15.0. The molecule has 0 radical (unpaired) electrons. The summed E-state index contributed by atoms with van der Waals surface area (Å²) in [6.07, 6.45) is 2.09. The molecule has 0 unspecified atom stereocenters. The summed E-state index contributed by atoms with van der Waals surface area (Å²) < 4.78 is 1.40. The van der Waals surface area contributed by atoms with Gasteiger partial charge in [0.1, 0.15) is 6.04 Å². The van der Waals surface area contributed by atoms with Gasteiger partial charge in [-0.25, -0.2) is 0 Å². The molecule has 1 aromatic rings. The molecule has 0 bridgehead atoms. The first kappa shape index (κ1) is 17.3. The largest absolute Gasteiger partial charge is 0.342 e. The molecule has 0 spiro atoms. The minimum atomic E-state index is -0.461. The number of carbonyl (C=O) groups is 2. The topological polar surface area (TPSA) is 67.2 Å². The normalized spacial score (nSPS) is 23.0. The lowest BCUT2D eigenvalue weighted by Gasteiger charge is -2.35. The molecule has 2 aliphatic rings. The van der Waals surface area contributed by atoms with E-state index >= 15 is 0 Å². The number of hydrogen-bond acceptors (Lipinski definition) is 4. The summed E-state index contributed by atoms with van der Waals surface area (Å²) in [4.78, 5) is 27.2. The second-order valence-corrected chi connectivity index (χ2v) is 8.96. The number of carbonyl (C=O) groups excluding carboxylic acids is 2. The smallest absolute Gasteiger partial charge is 0.246 e. The molecule has 0 aromatic carbocycles. The fraction of sp³-hybridized carbons (Fsp3) is 0.706. The van der Waals surface area contributed by atoms with Crippen LogP contribution in [-0.2, 0) is 23.2 Å².